The summed E-state index contributed by atoms with van der Waals surface area (Å²) in [6, 6.07) is 8.02. The van der Waals surface area contributed by atoms with Gasteiger partial charge >= 0.3 is 6.18 Å². The highest BCUT2D eigenvalue weighted by Gasteiger charge is 2.50. The lowest BCUT2D eigenvalue weighted by Crippen LogP contribution is -2.44. The van der Waals surface area contributed by atoms with E-state index in [1.54, 1.807) is 12.1 Å². The Labute approximate surface area is 153 Å². The second kappa shape index (κ2) is 7.71. The van der Waals surface area contributed by atoms with Crippen LogP contribution in [0.4, 0.5) is 18.9 Å². The van der Waals surface area contributed by atoms with Crippen molar-refractivity contribution >= 4 is 21.6 Å². The number of carbonyl (C=O) groups excluding carboxylic acids is 1. The first-order valence-corrected chi connectivity index (χ1v) is 9.10. The Morgan fingerprint density at radius 2 is 1.81 bits per heavy atom. The summed E-state index contributed by atoms with van der Waals surface area (Å²) >= 11 is 0. The van der Waals surface area contributed by atoms with Gasteiger partial charge in [0.05, 0.1) is 24.1 Å². The number of halogens is 3. The van der Waals surface area contributed by atoms with Gasteiger partial charge in [-0.25, -0.2) is 13.1 Å². The summed E-state index contributed by atoms with van der Waals surface area (Å²) in [7, 11) is -3.84. The van der Waals surface area contributed by atoms with Crippen molar-refractivity contribution < 1.29 is 35.9 Å². The van der Waals surface area contributed by atoms with Gasteiger partial charge in [-0.15, -0.1) is 0 Å². The minimum Gasteiger partial charge on any atom is -0.468 e. The van der Waals surface area contributed by atoms with Crippen LogP contribution in [-0.2, 0) is 21.4 Å². The van der Waals surface area contributed by atoms with Crippen molar-refractivity contribution in [1.82, 2.24) is 4.72 Å². The van der Waals surface area contributed by atoms with Crippen LogP contribution < -0.4 is 10.0 Å². The molecular weight excluding hydrogens is 389 g/mol. The summed E-state index contributed by atoms with van der Waals surface area (Å²) in [5.41, 5.74) is -3.08. The van der Waals surface area contributed by atoms with Crippen molar-refractivity contribution in [3.05, 3.63) is 48.4 Å². The van der Waals surface area contributed by atoms with Gasteiger partial charge in [0, 0.05) is 5.69 Å². The van der Waals surface area contributed by atoms with Crippen molar-refractivity contribution in [3.8, 4) is 0 Å². The molecule has 0 saturated carbocycles. The highest BCUT2D eigenvalue weighted by atomic mass is 32.2. The molecule has 0 fully saturated rings. The maximum atomic E-state index is 12.6. The van der Waals surface area contributed by atoms with Gasteiger partial charge in [0.1, 0.15) is 5.76 Å². The van der Waals surface area contributed by atoms with Gasteiger partial charge in [-0.1, -0.05) is 0 Å². The standard InChI is InChI=1S/C16H17F3N2O5S/c1-15(23,16(17,18)19)9-14(22)21-11-4-6-13(7-5-11)27(24,25)20-10-12-3-2-8-26-12/h2-8,20,23H,9-10H2,1H3,(H,21,22)/t15-/m1/s1. The van der Waals surface area contributed by atoms with Gasteiger partial charge < -0.3 is 14.8 Å². The number of hydrogen-bond donors (Lipinski definition) is 3. The number of sulfonamides is 1. The number of aliphatic hydroxyl groups is 1. The first kappa shape index (κ1) is 20.9. The number of amides is 1. The quantitative estimate of drug-likeness (QED) is 0.654. The van der Waals surface area contributed by atoms with Crippen LogP contribution in [0, 0.1) is 0 Å². The van der Waals surface area contributed by atoms with Crippen LogP contribution in [0.2, 0.25) is 0 Å². The predicted octanol–water partition coefficient (Wildman–Crippen LogP) is 2.40. The van der Waals surface area contributed by atoms with Crippen molar-refractivity contribution in [2.75, 3.05) is 5.32 Å². The molecule has 2 rings (SSSR count). The second-order valence-corrected chi connectivity index (χ2v) is 7.69. The molecule has 7 nitrogen and oxygen atoms in total. The van der Waals surface area contributed by atoms with E-state index in [-0.39, 0.29) is 17.1 Å². The van der Waals surface area contributed by atoms with E-state index in [1.165, 1.54) is 30.5 Å². The van der Waals surface area contributed by atoms with Gasteiger partial charge in [-0.2, -0.15) is 13.2 Å². The van der Waals surface area contributed by atoms with Crippen LogP contribution in [0.25, 0.3) is 0 Å². The molecule has 0 aliphatic carbocycles. The topological polar surface area (TPSA) is 109 Å². The highest BCUT2D eigenvalue weighted by Crippen LogP contribution is 2.32. The smallest absolute Gasteiger partial charge is 0.417 e. The molecule has 0 radical (unpaired) electrons. The molecule has 1 aromatic carbocycles. The summed E-state index contributed by atoms with van der Waals surface area (Å²) < 4.78 is 69.4. The van der Waals surface area contributed by atoms with Crippen LogP contribution in [0.5, 0.6) is 0 Å². The number of rotatable bonds is 7. The Hall–Kier alpha value is -2.37. The van der Waals surface area contributed by atoms with E-state index in [0.717, 1.165) is 0 Å². The molecule has 0 bridgehead atoms. The van der Waals surface area contributed by atoms with E-state index in [9.17, 15) is 31.5 Å². The third-order valence-corrected chi connectivity index (χ3v) is 5.00. The molecule has 1 aromatic heterocycles. The normalized spacial score (nSPS) is 14.6. The maximum Gasteiger partial charge on any atom is 0.417 e. The lowest BCUT2D eigenvalue weighted by atomic mass is 10.0. The number of anilines is 1. The number of nitrogens with one attached hydrogen (secondary N) is 2. The van der Waals surface area contributed by atoms with Crippen LogP contribution in [0.1, 0.15) is 19.1 Å². The fourth-order valence-electron chi connectivity index (χ4n) is 2.00. The van der Waals surface area contributed by atoms with E-state index in [4.69, 9.17) is 4.42 Å². The summed E-state index contributed by atoms with van der Waals surface area (Å²) in [5.74, 6) is -0.650. The van der Waals surface area contributed by atoms with Crippen molar-refractivity contribution in [2.24, 2.45) is 0 Å². The number of carbonyl (C=O) groups is 1. The van der Waals surface area contributed by atoms with Gasteiger partial charge in [-0.05, 0) is 43.3 Å². The Bertz CT molecular complexity index is 876. The molecule has 0 aliphatic heterocycles. The number of benzene rings is 1. The Morgan fingerprint density at radius 1 is 1.19 bits per heavy atom. The lowest BCUT2D eigenvalue weighted by Gasteiger charge is -2.25. The molecule has 3 N–H and O–H groups in total. The number of hydrogen-bond acceptors (Lipinski definition) is 5. The molecule has 0 spiro atoms. The second-order valence-electron chi connectivity index (χ2n) is 5.92. The Kier molecular flexibility index (Phi) is 5.97. The number of alkyl halides is 3. The molecule has 1 atom stereocenters. The van der Waals surface area contributed by atoms with E-state index in [1.807, 2.05) is 0 Å². The SMILES string of the molecule is C[C@@](O)(CC(=O)Nc1ccc(S(=O)(=O)NCc2ccco2)cc1)C(F)(F)F. The molecule has 1 amide bonds. The molecule has 2 aromatic rings. The van der Waals surface area contributed by atoms with Gasteiger partial charge in [0.25, 0.3) is 0 Å². The van der Waals surface area contributed by atoms with Crippen LogP contribution in [-0.4, -0.2) is 31.2 Å². The van der Waals surface area contributed by atoms with Gasteiger partial charge in [0.15, 0.2) is 5.60 Å². The zero-order valence-corrected chi connectivity index (χ0v) is 14.9. The van der Waals surface area contributed by atoms with E-state index in [0.29, 0.717) is 12.7 Å². The predicted molar refractivity (Wildman–Crippen MR) is 89.1 cm³/mol. The molecule has 11 heteroatoms. The Morgan fingerprint density at radius 3 is 2.33 bits per heavy atom. The Balaban J connectivity index is 1.99. The van der Waals surface area contributed by atoms with Crippen LogP contribution >= 0.6 is 0 Å². The average molecular weight is 406 g/mol. The van der Waals surface area contributed by atoms with Gasteiger partial charge in [-0.3, -0.25) is 4.79 Å². The fourth-order valence-corrected chi connectivity index (χ4v) is 2.99. The maximum absolute atomic E-state index is 12.6. The third-order valence-electron chi connectivity index (χ3n) is 3.58. The minimum absolute atomic E-state index is 0.0552. The molecule has 0 saturated heterocycles. The van der Waals surface area contributed by atoms with Crippen LogP contribution in [0.3, 0.4) is 0 Å². The zero-order valence-electron chi connectivity index (χ0n) is 14.1. The first-order chi connectivity index (χ1) is 12.4. The summed E-state index contributed by atoms with van der Waals surface area (Å²) in [6.45, 7) is 0.438. The molecule has 1 heterocycles. The summed E-state index contributed by atoms with van der Waals surface area (Å²) in [5, 5.41) is 11.5. The fraction of sp³-hybridized carbons (Fsp3) is 0.312. The zero-order chi connectivity index (χ0) is 20.3. The van der Waals surface area contributed by atoms with E-state index >= 15 is 0 Å². The third kappa shape index (κ3) is 5.55. The van der Waals surface area contributed by atoms with Crippen LogP contribution in [0.15, 0.2) is 52.0 Å². The lowest BCUT2D eigenvalue weighted by molar-refractivity contribution is -0.252. The molecule has 27 heavy (non-hydrogen) atoms. The monoisotopic (exact) mass is 406 g/mol. The molecular formula is C16H17F3N2O5S. The van der Waals surface area contributed by atoms with Crippen molar-refractivity contribution in [1.29, 1.82) is 0 Å². The largest absolute Gasteiger partial charge is 0.468 e. The van der Waals surface area contributed by atoms with Crippen molar-refractivity contribution in [3.63, 3.8) is 0 Å². The molecule has 0 unspecified atom stereocenters. The molecule has 0 aliphatic rings. The van der Waals surface area contributed by atoms with E-state index in [2.05, 4.69) is 10.0 Å². The summed E-state index contributed by atoms with van der Waals surface area (Å²) in [4.78, 5) is 11.6. The summed E-state index contributed by atoms with van der Waals surface area (Å²) in [6.07, 6.45) is -4.75. The number of furan rings is 1. The van der Waals surface area contributed by atoms with Crippen molar-refractivity contribution in [2.45, 2.75) is 36.6 Å². The molecule has 148 valence electrons. The highest BCUT2D eigenvalue weighted by molar-refractivity contribution is 7.89. The minimum atomic E-state index is -4.96. The first-order valence-electron chi connectivity index (χ1n) is 7.62. The van der Waals surface area contributed by atoms with Gasteiger partial charge in [0.2, 0.25) is 15.9 Å². The average Bonchev–Trinajstić information content (AvgIpc) is 3.05. The van der Waals surface area contributed by atoms with E-state index < -0.39 is 34.1 Å².